The van der Waals surface area contributed by atoms with Crippen LogP contribution in [0.2, 0.25) is 0 Å². The monoisotopic (exact) mass is 996 g/mol. The number of ether oxygens (including phenoxy) is 8. The van der Waals surface area contributed by atoms with Gasteiger partial charge in [-0.1, -0.05) is 64.5 Å². The third kappa shape index (κ3) is 16.5. The minimum Gasteiger partial charge on any atom is -0.394 e. The third-order valence-corrected chi connectivity index (χ3v) is 13.1. The first-order valence-corrected chi connectivity index (χ1v) is 24.5. The molecule has 0 aromatic heterocycles. The van der Waals surface area contributed by atoms with Crippen molar-refractivity contribution in [1.82, 2.24) is 16.0 Å². The lowest BCUT2D eigenvalue weighted by Gasteiger charge is -2.50. The zero-order valence-corrected chi connectivity index (χ0v) is 40.5. The molecule has 69 heavy (non-hydrogen) atoms. The molecule has 3 amide bonds. The molecule has 0 aromatic rings. The molecule has 4 heterocycles. The number of aliphatic hydroxyl groups excluding tert-OH is 9. The lowest BCUT2D eigenvalue weighted by atomic mass is 9.90. The second kappa shape index (κ2) is 29.9. The third-order valence-electron chi connectivity index (χ3n) is 13.1. The van der Waals surface area contributed by atoms with Crippen LogP contribution in [0.4, 0.5) is 0 Å². The molecule has 0 aromatic carbocycles. The van der Waals surface area contributed by atoms with Crippen molar-refractivity contribution >= 4 is 17.7 Å². The first-order chi connectivity index (χ1) is 33.0. The Morgan fingerprint density at radius 1 is 0.507 bits per heavy atom. The van der Waals surface area contributed by atoms with E-state index < -0.39 is 167 Å². The topological polar surface area (TPSA) is 343 Å². The van der Waals surface area contributed by atoms with E-state index in [2.05, 4.69) is 35.0 Å². The molecule has 4 aliphatic rings. The second-order valence-electron chi connectivity index (χ2n) is 18.4. The second-order valence-corrected chi connectivity index (χ2v) is 18.4. The van der Waals surface area contributed by atoms with Crippen LogP contribution in [0.15, 0.2) is 12.2 Å². The molecule has 4 saturated heterocycles. The number of unbranched alkanes of at least 4 members (excludes halogenated alkanes) is 9. The molecule has 400 valence electrons. The lowest BCUT2D eigenvalue weighted by Crippen LogP contribution is -2.70. The molecule has 4 aliphatic heterocycles. The number of allylic oxidation sites excluding steroid dienone is 2. The van der Waals surface area contributed by atoms with Gasteiger partial charge in [-0.05, 0) is 32.1 Å². The van der Waals surface area contributed by atoms with E-state index in [1.165, 1.54) is 46.6 Å². The minimum absolute atomic E-state index is 0.0796. The fourth-order valence-electron chi connectivity index (χ4n) is 9.17. The molecule has 20 atom stereocenters. The van der Waals surface area contributed by atoms with E-state index in [9.17, 15) is 60.3 Å². The van der Waals surface area contributed by atoms with Crippen molar-refractivity contribution in [3.05, 3.63) is 12.2 Å². The number of hydrogen-bond acceptors (Lipinski definition) is 20. The summed E-state index contributed by atoms with van der Waals surface area (Å²) in [4.78, 5) is 37.8. The summed E-state index contributed by atoms with van der Waals surface area (Å²) in [6.07, 6.45) is -8.10. The SMILES string of the molecule is CCCCCC/C=C\CCCCCCCC(=O)N[C@H]1C(O[C@@H]2C(CO)O[C@H](OC3C(CO)OC(O[C@@H]4C(CO)O[C@H](OC)[C@@H](NC(C)=O)C4O)[C@H](C)[C@H]3O)[C@@H](NC(C)=O)C2O)OC(CO)C(O)[C@@H]1O. The largest absolute Gasteiger partial charge is 0.394 e. The molecule has 10 unspecified atom stereocenters. The normalized spacial score (nSPS) is 38.5. The molecule has 23 nitrogen and oxygen atoms in total. The molecule has 23 heteroatoms. The molecule has 0 saturated carbocycles. The molecular formula is C46H81N3O20. The molecule has 0 aliphatic carbocycles. The van der Waals surface area contributed by atoms with E-state index in [-0.39, 0.29) is 6.42 Å². The highest BCUT2D eigenvalue weighted by Crippen LogP contribution is 2.36. The fraction of sp³-hybridized carbons (Fsp3) is 0.891. The van der Waals surface area contributed by atoms with E-state index in [4.69, 9.17) is 37.9 Å². The number of rotatable bonds is 27. The quantitative estimate of drug-likeness (QED) is 0.0308. The Kier molecular flexibility index (Phi) is 25.5. The van der Waals surface area contributed by atoms with Gasteiger partial charge in [-0.25, -0.2) is 0 Å². The van der Waals surface area contributed by atoms with Gasteiger partial charge >= 0.3 is 0 Å². The summed E-state index contributed by atoms with van der Waals surface area (Å²) in [6.45, 7) is 2.99. The van der Waals surface area contributed by atoms with Crippen molar-refractivity contribution in [2.75, 3.05) is 33.5 Å². The van der Waals surface area contributed by atoms with E-state index in [0.717, 1.165) is 45.4 Å². The number of amides is 3. The average Bonchev–Trinajstić information content (AvgIpc) is 3.32. The molecule has 12 N–H and O–H groups in total. The maximum Gasteiger partial charge on any atom is 0.220 e. The molecule has 0 spiro atoms. The van der Waals surface area contributed by atoms with Crippen molar-refractivity contribution in [3.8, 4) is 0 Å². The maximum absolute atomic E-state index is 13.2. The van der Waals surface area contributed by atoms with Crippen LogP contribution in [0.5, 0.6) is 0 Å². The number of nitrogens with one attached hydrogen (secondary N) is 3. The molecule has 0 radical (unpaired) electrons. The van der Waals surface area contributed by atoms with Gasteiger partial charge in [-0.15, -0.1) is 0 Å². The lowest BCUT2D eigenvalue weighted by molar-refractivity contribution is -0.367. The molecular weight excluding hydrogens is 915 g/mol. The van der Waals surface area contributed by atoms with Crippen molar-refractivity contribution in [3.63, 3.8) is 0 Å². The van der Waals surface area contributed by atoms with Gasteiger partial charge in [0.2, 0.25) is 17.7 Å². The Hall–Kier alpha value is -2.53. The number of methoxy groups -OCH3 is 1. The van der Waals surface area contributed by atoms with E-state index >= 15 is 0 Å². The highest BCUT2D eigenvalue weighted by atomic mass is 16.8. The van der Waals surface area contributed by atoms with Gasteiger partial charge in [0, 0.05) is 33.3 Å². The summed E-state index contributed by atoms with van der Waals surface area (Å²) in [5.74, 6) is -2.70. The van der Waals surface area contributed by atoms with Crippen molar-refractivity contribution in [2.45, 2.75) is 221 Å². The van der Waals surface area contributed by atoms with Crippen molar-refractivity contribution < 1.29 is 98.2 Å². The standard InChI is InChI=1S/C46H81N3O20/c1-6-7-8-9-10-11-12-13-14-15-16-17-18-19-31(56)49-32-37(59)36(58)27(20-50)63-45(32)69-42-30(23-53)66-46(34(39(42)61)48-26(4)55)68-40-28(21-51)64-43(24(2)35(40)57)67-41-29(22-52)65-44(62-5)33(38(41)60)47-25(3)54/h11-12,24,27-30,32-46,50-53,57-61H,6-10,13-23H2,1-5H3,(H,47,54)(H,48,55)(H,49,56)/b12-11-/t24-,27?,28?,29?,30?,32-,33+,34+,35-,36?,37-,38?,39?,40?,41-,42-,43?,44+,45?,46-/m1/s1. The van der Waals surface area contributed by atoms with Gasteiger partial charge in [-0.2, -0.15) is 0 Å². The summed E-state index contributed by atoms with van der Waals surface area (Å²) in [5.41, 5.74) is 0. The fourth-order valence-corrected chi connectivity index (χ4v) is 9.17. The van der Waals surface area contributed by atoms with Gasteiger partial charge in [-0.3, -0.25) is 14.4 Å². The summed E-state index contributed by atoms with van der Waals surface area (Å²) in [7, 11) is 1.28. The van der Waals surface area contributed by atoms with Gasteiger partial charge in [0.25, 0.3) is 0 Å². The number of hydrogen-bond donors (Lipinski definition) is 12. The summed E-state index contributed by atoms with van der Waals surface area (Å²) < 4.78 is 47.3. The minimum atomic E-state index is -1.80. The van der Waals surface area contributed by atoms with E-state index in [0.29, 0.717) is 6.42 Å². The first kappa shape index (κ1) is 59.0. The Morgan fingerprint density at radius 3 is 1.41 bits per heavy atom. The van der Waals surface area contributed by atoms with Crippen LogP contribution in [-0.4, -0.2) is 214 Å². The Morgan fingerprint density at radius 2 is 0.913 bits per heavy atom. The highest BCUT2D eigenvalue weighted by Gasteiger charge is 2.55. The van der Waals surface area contributed by atoms with Crippen molar-refractivity contribution in [1.29, 1.82) is 0 Å². The van der Waals surface area contributed by atoms with Gasteiger partial charge < -0.3 is 99.8 Å². The van der Waals surface area contributed by atoms with Crippen LogP contribution in [0, 0.1) is 5.92 Å². The number of carbonyl (C=O) groups excluding carboxylic acids is 3. The average molecular weight is 996 g/mol. The van der Waals surface area contributed by atoms with Crippen LogP contribution >= 0.6 is 0 Å². The Balaban J connectivity index is 1.42. The predicted molar refractivity (Wildman–Crippen MR) is 241 cm³/mol. The van der Waals surface area contributed by atoms with Gasteiger partial charge in [0.05, 0.1) is 32.5 Å². The van der Waals surface area contributed by atoms with Gasteiger partial charge in [0.1, 0.15) is 85.3 Å². The van der Waals surface area contributed by atoms with Crippen LogP contribution in [0.25, 0.3) is 0 Å². The van der Waals surface area contributed by atoms with Crippen LogP contribution in [0.3, 0.4) is 0 Å². The van der Waals surface area contributed by atoms with E-state index in [1.54, 1.807) is 0 Å². The number of carbonyl (C=O) groups is 3. The van der Waals surface area contributed by atoms with Crippen LogP contribution < -0.4 is 16.0 Å². The predicted octanol–water partition coefficient (Wildman–Crippen LogP) is -2.15. The molecule has 0 bridgehead atoms. The summed E-state index contributed by atoms with van der Waals surface area (Å²) in [5, 5.41) is 106. The van der Waals surface area contributed by atoms with E-state index in [1.807, 2.05) is 0 Å². The Bertz CT molecular complexity index is 1550. The zero-order chi connectivity index (χ0) is 50.8. The highest BCUT2D eigenvalue weighted by molar-refractivity contribution is 5.76. The first-order valence-electron chi connectivity index (χ1n) is 24.5. The number of aliphatic hydroxyl groups is 9. The zero-order valence-electron chi connectivity index (χ0n) is 40.5. The van der Waals surface area contributed by atoms with Crippen LogP contribution in [-0.2, 0) is 52.3 Å². The Labute approximate surface area is 404 Å². The van der Waals surface area contributed by atoms with Crippen molar-refractivity contribution in [2.24, 2.45) is 5.92 Å². The maximum atomic E-state index is 13.2. The van der Waals surface area contributed by atoms with Gasteiger partial charge in [0.15, 0.2) is 25.2 Å². The smallest absolute Gasteiger partial charge is 0.220 e. The summed E-state index contributed by atoms with van der Waals surface area (Å²) >= 11 is 0. The molecule has 4 rings (SSSR count). The molecule has 4 fully saturated rings. The summed E-state index contributed by atoms with van der Waals surface area (Å²) in [6, 6.07) is -4.09. The van der Waals surface area contributed by atoms with Crippen LogP contribution in [0.1, 0.15) is 105 Å².